The maximum absolute atomic E-state index is 12.8. The molecule has 0 saturated heterocycles. The van der Waals surface area contributed by atoms with Gasteiger partial charge in [0.25, 0.3) is 5.91 Å². The molecule has 3 aromatic heterocycles. The summed E-state index contributed by atoms with van der Waals surface area (Å²) in [6.45, 7) is 4.31. The maximum Gasteiger partial charge on any atom is 0.255 e. The number of fused-ring (bicyclic) bond motifs is 1. The number of pyridine rings is 1. The Morgan fingerprint density at radius 3 is 2.68 bits per heavy atom. The maximum atomic E-state index is 12.8. The number of hydrogen-bond acceptors (Lipinski definition) is 4. The molecule has 0 atom stereocenters. The van der Waals surface area contributed by atoms with E-state index in [1.807, 2.05) is 17.4 Å². The molecule has 3 rings (SSSR count). The van der Waals surface area contributed by atoms with Gasteiger partial charge in [-0.15, -0.1) is 0 Å². The van der Waals surface area contributed by atoms with E-state index in [1.165, 1.54) is 0 Å². The van der Waals surface area contributed by atoms with Crippen LogP contribution >= 0.6 is 0 Å². The van der Waals surface area contributed by atoms with E-state index in [0.29, 0.717) is 30.0 Å². The lowest BCUT2D eigenvalue weighted by molar-refractivity contribution is -0.118. The fourth-order valence-electron chi connectivity index (χ4n) is 3.22. The number of aryl methyl sites for hydroxylation is 1. The van der Waals surface area contributed by atoms with Crippen molar-refractivity contribution in [2.75, 3.05) is 19.0 Å². The fourth-order valence-corrected chi connectivity index (χ4v) is 3.22. The Labute approximate surface area is 164 Å². The Kier molecular flexibility index (Phi) is 5.82. The average Bonchev–Trinajstić information content (AvgIpc) is 3.30. The molecule has 7 nitrogen and oxygen atoms in total. The van der Waals surface area contributed by atoms with Crippen molar-refractivity contribution in [3.05, 3.63) is 53.7 Å². The van der Waals surface area contributed by atoms with Crippen molar-refractivity contribution in [1.29, 1.82) is 0 Å². The van der Waals surface area contributed by atoms with Gasteiger partial charge in [-0.2, -0.15) is 0 Å². The van der Waals surface area contributed by atoms with Gasteiger partial charge >= 0.3 is 0 Å². The van der Waals surface area contributed by atoms with E-state index in [9.17, 15) is 9.59 Å². The topological polar surface area (TPSA) is 71.1 Å². The molecular weight excluding hydrogens is 356 g/mol. The third-order valence-corrected chi connectivity index (χ3v) is 4.76. The van der Waals surface area contributed by atoms with Crippen LogP contribution in [0.1, 0.15) is 48.0 Å². The lowest BCUT2D eigenvalue weighted by Gasteiger charge is -2.19. The van der Waals surface area contributed by atoms with E-state index in [2.05, 4.69) is 11.9 Å². The zero-order valence-corrected chi connectivity index (χ0v) is 16.8. The minimum atomic E-state index is -0.129. The van der Waals surface area contributed by atoms with Gasteiger partial charge in [-0.05, 0) is 37.6 Å². The standard InChI is InChI=1S/C21H26N4O3/c1-5-6-9-19(26)24(4)20-15(2)22-18-11-10-16(13-25(18)20)21(27)23(3)14-17-8-7-12-28-17/h7-8,10-13H,5-6,9,14H2,1-4H3. The number of carbonyl (C=O) groups excluding carboxylic acids is 2. The minimum absolute atomic E-state index is 0.0402. The summed E-state index contributed by atoms with van der Waals surface area (Å²) in [5.41, 5.74) is 1.98. The summed E-state index contributed by atoms with van der Waals surface area (Å²) in [6.07, 6.45) is 5.64. The number of rotatable bonds is 7. The number of amides is 2. The van der Waals surface area contributed by atoms with Crippen molar-refractivity contribution in [1.82, 2.24) is 14.3 Å². The predicted molar refractivity (Wildman–Crippen MR) is 107 cm³/mol. The van der Waals surface area contributed by atoms with Crippen LogP contribution in [0.4, 0.5) is 5.82 Å². The van der Waals surface area contributed by atoms with Gasteiger partial charge in [0.2, 0.25) is 5.91 Å². The highest BCUT2D eigenvalue weighted by Crippen LogP contribution is 2.23. The predicted octanol–water partition coefficient (Wildman–Crippen LogP) is 3.66. The van der Waals surface area contributed by atoms with Crippen LogP contribution < -0.4 is 4.90 Å². The second-order valence-corrected chi connectivity index (χ2v) is 6.96. The molecule has 0 radical (unpaired) electrons. The van der Waals surface area contributed by atoms with Gasteiger partial charge in [0.05, 0.1) is 24.1 Å². The van der Waals surface area contributed by atoms with Crippen LogP contribution in [-0.4, -0.2) is 40.2 Å². The number of hydrogen-bond donors (Lipinski definition) is 0. The van der Waals surface area contributed by atoms with Crippen LogP contribution in [0.15, 0.2) is 41.1 Å². The molecule has 2 amide bonds. The Morgan fingerprint density at radius 2 is 2.00 bits per heavy atom. The molecule has 148 valence electrons. The summed E-state index contributed by atoms with van der Waals surface area (Å²) < 4.78 is 7.13. The van der Waals surface area contributed by atoms with Crippen molar-refractivity contribution >= 4 is 23.3 Å². The van der Waals surface area contributed by atoms with E-state index in [-0.39, 0.29) is 11.8 Å². The first-order valence-corrected chi connectivity index (χ1v) is 9.45. The highest BCUT2D eigenvalue weighted by atomic mass is 16.3. The van der Waals surface area contributed by atoms with Crippen molar-refractivity contribution in [3.63, 3.8) is 0 Å². The van der Waals surface area contributed by atoms with Crippen molar-refractivity contribution in [2.24, 2.45) is 0 Å². The minimum Gasteiger partial charge on any atom is -0.467 e. The second-order valence-electron chi connectivity index (χ2n) is 6.96. The summed E-state index contributed by atoms with van der Waals surface area (Å²) in [7, 11) is 3.49. The zero-order valence-electron chi connectivity index (χ0n) is 16.8. The summed E-state index contributed by atoms with van der Waals surface area (Å²) in [6, 6.07) is 7.19. The van der Waals surface area contributed by atoms with E-state index in [0.717, 1.165) is 24.3 Å². The Hall–Kier alpha value is -3.09. The molecule has 0 bridgehead atoms. The molecule has 0 aliphatic rings. The van der Waals surface area contributed by atoms with Crippen molar-refractivity contribution in [3.8, 4) is 0 Å². The molecule has 7 heteroatoms. The van der Waals surface area contributed by atoms with Crippen LogP contribution in [-0.2, 0) is 11.3 Å². The van der Waals surface area contributed by atoms with Crippen LogP contribution in [0.2, 0.25) is 0 Å². The Balaban J connectivity index is 1.89. The van der Waals surface area contributed by atoms with Crippen LogP contribution in [0, 0.1) is 6.92 Å². The van der Waals surface area contributed by atoms with Gasteiger partial charge in [0, 0.05) is 26.7 Å². The largest absolute Gasteiger partial charge is 0.467 e. The van der Waals surface area contributed by atoms with Gasteiger partial charge in [-0.3, -0.25) is 18.9 Å². The number of furan rings is 1. The molecule has 3 aromatic rings. The third-order valence-electron chi connectivity index (χ3n) is 4.76. The lowest BCUT2D eigenvalue weighted by atomic mass is 10.2. The van der Waals surface area contributed by atoms with Crippen LogP contribution in [0.3, 0.4) is 0 Å². The highest BCUT2D eigenvalue weighted by Gasteiger charge is 2.20. The number of imidazole rings is 1. The molecule has 0 aliphatic carbocycles. The monoisotopic (exact) mass is 382 g/mol. The van der Waals surface area contributed by atoms with Crippen LogP contribution in [0.25, 0.3) is 5.65 Å². The van der Waals surface area contributed by atoms with Gasteiger partial charge in [-0.1, -0.05) is 13.3 Å². The third kappa shape index (κ3) is 3.93. The lowest BCUT2D eigenvalue weighted by Crippen LogP contribution is -2.28. The highest BCUT2D eigenvalue weighted by molar-refractivity contribution is 5.95. The number of nitrogens with zero attached hydrogens (tertiary/aromatic N) is 4. The number of unbranched alkanes of at least 4 members (excludes halogenated alkanes) is 1. The van der Waals surface area contributed by atoms with E-state index in [1.54, 1.807) is 54.6 Å². The molecule has 0 saturated carbocycles. The van der Waals surface area contributed by atoms with E-state index < -0.39 is 0 Å². The molecule has 3 heterocycles. The number of carbonyl (C=O) groups is 2. The zero-order chi connectivity index (χ0) is 20.3. The molecule has 0 fully saturated rings. The SMILES string of the molecule is CCCCC(=O)N(C)c1c(C)nc2ccc(C(=O)N(C)Cc3ccco3)cn12. The summed E-state index contributed by atoms with van der Waals surface area (Å²) in [5.74, 6) is 1.32. The van der Waals surface area contributed by atoms with E-state index >= 15 is 0 Å². The normalized spacial score (nSPS) is 11.0. The second kappa shape index (κ2) is 8.29. The van der Waals surface area contributed by atoms with Gasteiger partial charge in [-0.25, -0.2) is 4.98 Å². The Bertz CT molecular complexity index is 975. The summed E-state index contributed by atoms with van der Waals surface area (Å²) in [5, 5.41) is 0. The van der Waals surface area contributed by atoms with Gasteiger partial charge < -0.3 is 9.32 Å². The first-order chi connectivity index (χ1) is 13.4. The molecule has 0 spiro atoms. The molecular formula is C21H26N4O3. The Morgan fingerprint density at radius 1 is 1.21 bits per heavy atom. The molecule has 0 aliphatic heterocycles. The number of anilines is 1. The molecule has 0 aromatic carbocycles. The van der Waals surface area contributed by atoms with E-state index in [4.69, 9.17) is 4.42 Å². The summed E-state index contributed by atoms with van der Waals surface area (Å²) >= 11 is 0. The smallest absolute Gasteiger partial charge is 0.255 e. The van der Waals surface area contributed by atoms with Gasteiger partial charge in [0.15, 0.2) is 0 Å². The first kappa shape index (κ1) is 19.7. The first-order valence-electron chi connectivity index (χ1n) is 9.45. The quantitative estimate of drug-likeness (QED) is 0.625. The fraction of sp³-hybridized carbons (Fsp3) is 0.381. The average molecular weight is 382 g/mol. The molecule has 0 unspecified atom stereocenters. The van der Waals surface area contributed by atoms with Crippen molar-refractivity contribution < 1.29 is 14.0 Å². The van der Waals surface area contributed by atoms with Crippen LogP contribution in [0.5, 0.6) is 0 Å². The summed E-state index contributed by atoms with van der Waals surface area (Å²) in [4.78, 5) is 33.1. The van der Waals surface area contributed by atoms with Gasteiger partial charge in [0.1, 0.15) is 17.2 Å². The number of aromatic nitrogens is 2. The molecule has 0 N–H and O–H groups in total. The molecule has 28 heavy (non-hydrogen) atoms. The van der Waals surface area contributed by atoms with Crippen molar-refractivity contribution in [2.45, 2.75) is 39.7 Å².